The van der Waals surface area contributed by atoms with Crippen LogP contribution in [-0.2, 0) is 14.3 Å². The van der Waals surface area contributed by atoms with Crippen molar-refractivity contribution >= 4 is 29.3 Å². The first-order valence-corrected chi connectivity index (χ1v) is 9.72. The summed E-state index contributed by atoms with van der Waals surface area (Å²) in [4.78, 5) is 52.8. The van der Waals surface area contributed by atoms with Crippen LogP contribution in [-0.4, -0.2) is 60.4 Å². The number of nitrogens with one attached hydrogen (secondary N) is 1. The molecule has 1 aromatic rings. The first-order chi connectivity index (χ1) is 13.5. The maximum absolute atomic E-state index is 13.2. The number of rotatable bonds is 4. The molecule has 0 saturated carbocycles. The lowest BCUT2D eigenvalue weighted by molar-refractivity contribution is -0.136. The van der Waals surface area contributed by atoms with Crippen molar-refractivity contribution < 1.29 is 23.9 Å². The van der Waals surface area contributed by atoms with Crippen LogP contribution in [0.15, 0.2) is 18.2 Å². The molecule has 0 radical (unpaired) electrons. The molecule has 0 aromatic heterocycles. The summed E-state index contributed by atoms with van der Waals surface area (Å²) in [7, 11) is 0. The summed E-state index contributed by atoms with van der Waals surface area (Å²) < 4.78 is 5.69. The Morgan fingerprint density at radius 3 is 2.50 bits per heavy atom. The Hall–Kier alpha value is -2.74. The zero-order chi connectivity index (χ0) is 19.8. The fourth-order valence-electron chi connectivity index (χ4n) is 4.26. The zero-order valence-electron chi connectivity index (χ0n) is 15.8. The molecule has 0 bridgehead atoms. The van der Waals surface area contributed by atoms with Crippen LogP contribution in [0.2, 0.25) is 0 Å². The van der Waals surface area contributed by atoms with Crippen molar-refractivity contribution in [3.8, 4) is 0 Å². The van der Waals surface area contributed by atoms with Gasteiger partial charge in [0.2, 0.25) is 11.8 Å². The first-order valence-electron chi connectivity index (χ1n) is 9.72. The minimum atomic E-state index is -0.943. The number of imide groups is 2. The van der Waals surface area contributed by atoms with Gasteiger partial charge in [0.05, 0.1) is 22.9 Å². The normalized spacial score (nSPS) is 23.2. The quantitative estimate of drug-likeness (QED) is 0.780. The van der Waals surface area contributed by atoms with Crippen LogP contribution in [0.25, 0.3) is 0 Å². The predicted octanol–water partition coefficient (Wildman–Crippen LogP) is 1.09. The van der Waals surface area contributed by atoms with Gasteiger partial charge in [-0.3, -0.25) is 29.4 Å². The Bertz CT molecular complexity index is 844. The van der Waals surface area contributed by atoms with E-state index < -0.39 is 23.8 Å². The number of carbonyl (C=O) groups is 4. The van der Waals surface area contributed by atoms with E-state index >= 15 is 0 Å². The van der Waals surface area contributed by atoms with E-state index in [0.717, 1.165) is 36.5 Å². The fraction of sp³-hybridized carbons (Fsp3) is 0.500. The number of carbonyl (C=O) groups excluding carboxylic acids is 4. The molecule has 8 nitrogen and oxygen atoms in total. The monoisotopic (exact) mass is 385 g/mol. The average Bonchev–Trinajstić information content (AvgIpc) is 2.94. The Kier molecular flexibility index (Phi) is 4.89. The van der Waals surface area contributed by atoms with Crippen molar-refractivity contribution in [3.05, 3.63) is 29.3 Å². The molecule has 148 valence electrons. The molecule has 3 aliphatic rings. The second-order valence-corrected chi connectivity index (χ2v) is 7.29. The van der Waals surface area contributed by atoms with E-state index in [0.29, 0.717) is 17.7 Å². The molecule has 2 saturated heterocycles. The minimum absolute atomic E-state index is 0.113. The van der Waals surface area contributed by atoms with Gasteiger partial charge in [-0.25, -0.2) is 0 Å². The van der Waals surface area contributed by atoms with E-state index in [9.17, 15) is 19.2 Å². The van der Waals surface area contributed by atoms with Crippen LogP contribution < -0.4 is 10.2 Å². The molecule has 4 rings (SSSR count). The predicted molar refractivity (Wildman–Crippen MR) is 100.0 cm³/mol. The van der Waals surface area contributed by atoms with E-state index in [-0.39, 0.29) is 24.9 Å². The molecule has 3 heterocycles. The van der Waals surface area contributed by atoms with Gasteiger partial charge in [0.1, 0.15) is 6.04 Å². The van der Waals surface area contributed by atoms with Crippen LogP contribution >= 0.6 is 0 Å². The smallest absolute Gasteiger partial charge is 0.264 e. The summed E-state index contributed by atoms with van der Waals surface area (Å²) >= 11 is 0. The van der Waals surface area contributed by atoms with Crippen molar-refractivity contribution in [1.29, 1.82) is 0 Å². The number of ether oxygens (including phenoxy) is 1. The Morgan fingerprint density at radius 2 is 1.82 bits per heavy atom. The Morgan fingerprint density at radius 1 is 1.07 bits per heavy atom. The van der Waals surface area contributed by atoms with Crippen LogP contribution in [0, 0.1) is 0 Å². The molecule has 1 atom stereocenters. The van der Waals surface area contributed by atoms with Gasteiger partial charge >= 0.3 is 0 Å². The van der Waals surface area contributed by atoms with Crippen LogP contribution in [0.4, 0.5) is 5.69 Å². The molecule has 1 N–H and O–H groups in total. The lowest BCUT2D eigenvalue weighted by Gasteiger charge is -2.34. The second-order valence-electron chi connectivity index (χ2n) is 7.29. The van der Waals surface area contributed by atoms with Gasteiger partial charge in [-0.05, 0) is 38.3 Å². The third kappa shape index (κ3) is 3.07. The van der Waals surface area contributed by atoms with Crippen LogP contribution in [0.3, 0.4) is 0 Å². The van der Waals surface area contributed by atoms with Crippen molar-refractivity contribution in [2.24, 2.45) is 0 Å². The third-order valence-electron chi connectivity index (χ3n) is 5.63. The molecule has 4 amide bonds. The van der Waals surface area contributed by atoms with Gasteiger partial charge in [-0.1, -0.05) is 6.07 Å². The van der Waals surface area contributed by atoms with Crippen LogP contribution in [0.1, 0.15) is 53.3 Å². The zero-order valence-corrected chi connectivity index (χ0v) is 15.8. The summed E-state index contributed by atoms with van der Waals surface area (Å²) in [5.41, 5.74) is 1.40. The average molecular weight is 385 g/mol. The van der Waals surface area contributed by atoms with E-state index in [1.54, 1.807) is 12.1 Å². The summed E-state index contributed by atoms with van der Waals surface area (Å²) in [6, 6.07) is 4.29. The highest BCUT2D eigenvalue weighted by atomic mass is 16.5. The second kappa shape index (κ2) is 7.35. The number of benzene rings is 1. The van der Waals surface area contributed by atoms with Gasteiger partial charge < -0.3 is 9.64 Å². The lowest BCUT2D eigenvalue weighted by Crippen LogP contribution is -2.54. The molecule has 0 spiro atoms. The number of hydrogen-bond donors (Lipinski definition) is 1. The van der Waals surface area contributed by atoms with Crippen molar-refractivity contribution in [3.63, 3.8) is 0 Å². The van der Waals surface area contributed by atoms with Crippen LogP contribution in [0.5, 0.6) is 0 Å². The maximum atomic E-state index is 13.2. The van der Waals surface area contributed by atoms with Gasteiger partial charge in [0.15, 0.2) is 0 Å². The van der Waals surface area contributed by atoms with E-state index in [2.05, 4.69) is 10.2 Å². The highest BCUT2D eigenvalue weighted by Gasteiger charge is 2.46. The molecule has 0 aliphatic carbocycles. The largest absolute Gasteiger partial charge is 0.378 e. The summed E-state index contributed by atoms with van der Waals surface area (Å²) in [6.45, 7) is 4.13. The first kappa shape index (κ1) is 18.6. The van der Waals surface area contributed by atoms with Gasteiger partial charge in [0, 0.05) is 26.1 Å². The molecular formula is C20H23N3O5. The van der Waals surface area contributed by atoms with Crippen molar-refractivity contribution in [2.75, 3.05) is 24.6 Å². The lowest BCUT2D eigenvalue weighted by atomic mass is 10.0. The van der Waals surface area contributed by atoms with E-state index in [1.165, 1.54) is 0 Å². The maximum Gasteiger partial charge on any atom is 0.264 e. The highest BCUT2D eigenvalue weighted by molar-refractivity contribution is 6.25. The molecule has 2 fully saturated rings. The van der Waals surface area contributed by atoms with Crippen molar-refractivity contribution in [2.45, 2.75) is 44.8 Å². The third-order valence-corrected chi connectivity index (χ3v) is 5.63. The number of nitrogens with zero attached hydrogens (tertiary/aromatic N) is 2. The fourth-order valence-corrected chi connectivity index (χ4v) is 4.26. The summed E-state index contributed by atoms with van der Waals surface area (Å²) in [5, 5.41) is 2.22. The highest BCUT2D eigenvalue weighted by Crippen LogP contribution is 2.35. The molecule has 1 aromatic carbocycles. The molecule has 3 aliphatic heterocycles. The molecule has 28 heavy (non-hydrogen) atoms. The number of fused-ring (bicyclic) bond motifs is 1. The van der Waals surface area contributed by atoms with Crippen molar-refractivity contribution in [1.82, 2.24) is 10.2 Å². The topological polar surface area (TPSA) is 96.0 Å². The SMILES string of the molecule is CCOC1CCN(c2cccc3c2C(=O)N(C2CCC(=O)NC2=O)C3=O)CC1. The summed E-state index contributed by atoms with van der Waals surface area (Å²) in [6.07, 6.45) is 2.20. The number of amides is 4. The van der Waals surface area contributed by atoms with Gasteiger partial charge in [-0.2, -0.15) is 0 Å². The standard InChI is InChI=1S/C20H23N3O5/c1-2-28-12-8-10-22(11-9-12)14-5-3-4-13-17(14)20(27)23(19(13)26)15-6-7-16(24)21-18(15)25/h3-5,12,15H,2,6-11H2,1H3,(H,21,24,25). The Balaban J connectivity index is 1.60. The van der Waals surface area contributed by atoms with E-state index in [4.69, 9.17) is 4.74 Å². The van der Waals surface area contributed by atoms with Gasteiger partial charge in [-0.15, -0.1) is 0 Å². The molecular weight excluding hydrogens is 362 g/mol. The summed E-state index contributed by atoms with van der Waals surface area (Å²) in [5.74, 6) is -1.90. The number of anilines is 1. The molecule has 8 heteroatoms. The minimum Gasteiger partial charge on any atom is -0.378 e. The van der Waals surface area contributed by atoms with E-state index in [1.807, 2.05) is 13.0 Å². The molecule has 1 unspecified atom stereocenters. The Labute approximate surface area is 162 Å². The van der Waals surface area contributed by atoms with Gasteiger partial charge in [0.25, 0.3) is 11.8 Å². The number of piperidine rings is 2. The number of hydrogen-bond acceptors (Lipinski definition) is 6.